The van der Waals surface area contributed by atoms with E-state index in [9.17, 15) is 0 Å². The van der Waals surface area contributed by atoms with Crippen LogP contribution in [0.3, 0.4) is 0 Å². The molecule has 0 atom stereocenters. The molecule has 2 N–H and O–H groups in total. The Morgan fingerprint density at radius 2 is 2.23 bits per heavy atom. The monoisotopic (exact) mass is 211 g/mol. The first-order chi connectivity index (χ1) is 6.25. The molecule has 2 heterocycles. The second-order valence-electron chi connectivity index (χ2n) is 2.46. The van der Waals surface area contributed by atoms with E-state index in [1.54, 1.807) is 17.4 Å². The molecule has 13 heavy (non-hydrogen) atoms. The lowest BCUT2D eigenvalue weighted by molar-refractivity contribution is 1.18. The summed E-state index contributed by atoms with van der Waals surface area (Å²) in [4.78, 5) is 7.84. The van der Waals surface area contributed by atoms with E-state index in [1.807, 2.05) is 16.8 Å². The second-order valence-corrected chi connectivity index (χ2v) is 3.58. The van der Waals surface area contributed by atoms with Crippen molar-refractivity contribution in [1.82, 2.24) is 9.97 Å². The molecule has 5 heteroatoms. The highest BCUT2D eigenvalue weighted by Crippen LogP contribution is 2.22. The van der Waals surface area contributed by atoms with Crippen LogP contribution in [-0.2, 0) is 0 Å². The van der Waals surface area contributed by atoms with Gasteiger partial charge >= 0.3 is 0 Å². The van der Waals surface area contributed by atoms with Crippen molar-refractivity contribution in [3.8, 4) is 11.3 Å². The fourth-order valence-electron chi connectivity index (χ4n) is 0.994. The van der Waals surface area contributed by atoms with Crippen LogP contribution in [0.4, 0.5) is 5.82 Å². The predicted octanol–water partition coefficient (Wildman–Crippen LogP) is 2.44. The number of anilines is 1. The second kappa shape index (κ2) is 3.32. The van der Waals surface area contributed by atoms with Gasteiger partial charge in [-0.2, -0.15) is 11.3 Å². The molecule has 66 valence electrons. The van der Waals surface area contributed by atoms with Crippen molar-refractivity contribution in [3.05, 3.63) is 28.2 Å². The molecule has 0 saturated carbocycles. The number of thiophene rings is 1. The molecule has 0 aliphatic carbocycles. The summed E-state index contributed by atoms with van der Waals surface area (Å²) in [6, 6.07) is 3.66. The van der Waals surface area contributed by atoms with Gasteiger partial charge < -0.3 is 5.73 Å². The quantitative estimate of drug-likeness (QED) is 0.738. The van der Waals surface area contributed by atoms with Gasteiger partial charge in [0.2, 0.25) is 5.28 Å². The van der Waals surface area contributed by atoms with E-state index in [4.69, 9.17) is 17.3 Å². The zero-order chi connectivity index (χ0) is 9.26. The van der Waals surface area contributed by atoms with Crippen LogP contribution in [0.15, 0.2) is 22.9 Å². The van der Waals surface area contributed by atoms with Crippen LogP contribution in [-0.4, -0.2) is 9.97 Å². The first kappa shape index (κ1) is 8.47. The molecule has 2 rings (SSSR count). The number of nitrogens with two attached hydrogens (primary N) is 1. The summed E-state index contributed by atoms with van der Waals surface area (Å²) < 4.78 is 0. The van der Waals surface area contributed by atoms with Gasteiger partial charge in [0.1, 0.15) is 5.82 Å². The molecule has 0 aliphatic heterocycles. The topological polar surface area (TPSA) is 51.8 Å². The SMILES string of the molecule is Nc1cc(-c2ccsc2)nc(Cl)n1. The first-order valence-corrected chi connectivity index (χ1v) is 4.90. The van der Waals surface area contributed by atoms with E-state index >= 15 is 0 Å². The Morgan fingerprint density at radius 3 is 2.85 bits per heavy atom. The van der Waals surface area contributed by atoms with Crippen molar-refractivity contribution in [2.45, 2.75) is 0 Å². The van der Waals surface area contributed by atoms with Gasteiger partial charge in [-0.15, -0.1) is 0 Å². The van der Waals surface area contributed by atoms with E-state index in [0.29, 0.717) is 5.82 Å². The van der Waals surface area contributed by atoms with Crippen LogP contribution >= 0.6 is 22.9 Å². The predicted molar refractivity (Wildman–Crippen MR) is 54.8 cm³/mol. The highest BCUT2D eigenvalue weighted by Gasteiger charge is 2.02. The molecular weight excluding hydrogens is 206 g/mol. The number of halogens is 1. The Kier molecular flexibility index (Phi) is 2.16. The van der Waals surface area contributed by atoms with E-state index in [0.717, 1.165) is 11.3 Å². The third kappa shape index (κ3) is 1.79. The normalized spacial score (nSPS) is 10.2. The van der Waals surface area contributed by atoms with Crippen LogP contribution < -0.4 is 5.73 Å². The van der Waals surface area contributed by atoms with E-state index < -0.39 is 0 Å². The summed E-state index contributed by atoms with van der Waals surface area (Å²) in [6.45, 7) is 0. The molecule has 2 aromatic heterocycles. The minimum atomic E-state index is 0.182. The van der Waals surface area contributed by atoms with Crippen LogP contribution in [0.1, 0.15) is 0 Å². The number of rotatable bonds is 1. The van der Waals surface area contributed by atoms with Gasteiger partial charge in [0.05, 0.1) is 5.69 Å². The van der Waals surface area contributed by atoms with E-state index in [-0.39, 0.29) is 5.28 Å². The highest BCUT2D eigenvalue weighted by molar-refractivity contribution is 7.08. The Bertz CT molecular complexity index is 393. The van der Waals surface area contributed by atoms with Gasteiger partial charge in [-0.05, 0) is 23.0 Å². The van der Waals surface area contributed by atoms with Crippen molar-refractivity contribution in [2.24, 2.45) is 0 Å². The maximum atomic E-state index is 5.67. The molecule has 0 saturated heterocycles. The van der Waals surface area contributed by atoms with Crippen LogP contribution in [0.2, 0.25) is 5.28 Å². The lowest BCUT2D eigenvalue weighted by Crippen LogP contribution is -1.93. The Hall–Kier alpha value is -1.13. The van der Waals surface area contributed by atoms with Crippen molar-refractivity contribution >= 4 is 28.8 Å². The van der Waals surface area contributed by atoms with Crippen molar-refractivity contribution in [2.75, 3.05) is 5.73 Å². The summed E-state index contributed by atoms with van der Waals surface area (Å²) in [7, 11) is 0. The van der Waals surface area contributed by atoms with Gasteiger partial charge in [-0.3, -0.25) is 0 Å². The van der Waals surface area contributed by atoms with Crippen LogP contribution in [0.5, 0.6) is 0 Å². The number of aromatic nitrogens is 2. The van der Waals surface area contributed by atoms with Crippen molar-refractivity contribution < 1.29 is 0 Å². The molecule has 0 fully saturated rings. The number of hydrogen-bond acceptors (Lipinski definition) is 4. The molecular formula is C8H6ClN3S. The summed E-state index contributed by atoms with van der Waals surface area (Å²) in [5.74, 6) is 0.390. The van der Waals surface area contributed by atoms with Crippen molar-refractivity contribution in [3.63, 3.8) is 0 Å². The lowest BCUT2D eigenvalue weighted by atomic mass is 10.2. The zero-order valence-electron chi connectivity index (χ0n) is 6.57. The molecule has 0 aromatic carbocycles. The Morgan fingerprint density at radius 1 is 1.38 bits per heavy atom. The highest BCUT2D eigenvalue weighted by atomic mass is 35.5. The van der Waals surface area contributed by atoms with Gasteiger partial charge in [-0.25, -0.2) is 9.97 Å². The summed E-state index contributed by atoms with van der Waals surface area (Å²) >= 11 is 7.27. The summed E-state index contributed by atoms with van der Waals surface area (Å²) in [6.07, 6.45) is 0. The lowest BCUT2D eigenvalue weighted by Gasteiger charge is -1.98. The molecule has 2 aromatic rings. The molecule has 0 bridgehead atoms. The van der Waals surface area contributed by atoms with E-state index in [1.165, 1.54) is 0 Å². The minimum Gasteiger partial charge on any atom is -0.384 e. The standard InChI is InChI=1S/C8H6ClN3S/c9-8-11-6(3-7(10)12-8)5-1-2-13-4-5/h1-4H,(H2,10,11,12). The smallest absolute Gasteiger partial charge is 0.224 e. The van der Waals surface area contributed by atoms with Gasteiger partial charge in [-0.1, -0.05) is 0 Å². The Labute approximate surface area is 84.2 Å². The fourth-order valence-corrected chi connectivity index (χ4v) is 1.83. The molecule has 0 unspecified atom stereocenters. The fraction of sp³-hybridized carbons (Fsp3) is 0. The third-order valence-corrected chi connectivity index (χ3v) is 2.39. The summed E-state index contributed by atoms with van der Waals surface area (Å²) in [5, 5.41) is 4.14. The van der Waals surface area contributed by atoms with Gasteiger partial charge in [0.25, 0.3) is 0 Å². The van der Waals surface area contributed by atoms with Gasteiger partial charge in [0, 0.05) is 17.0 Å². The molecule has 0 spiro atoms. The molecule has 0 radical (unpaired) electrons. The first-order valence-electron chi connectivity index (χ1n) is 3.58. The average Bonchev–Trinajstić information content (AvgIpc) is 2.53. The minimum absolute atomic E-state index is 0.182. The van der Waals surface area contributed by atoms with Crippen molar-refractivity contribution in [1.29, 1.82) is 0 Å². The molecule has 0 aliphatic rings. The maximum absolute atomic E-state index is 5.67. The zero-order valence-corrected chi connectivity index (χ0v) is 8.14. The largest absolute Gasteiger partial charge is 0.384 e. The Balaban J connectivity index is 2.53. The number of nitrogen functional groups attached to an aromatic ring is 1. The van der Waals surface area contributed by atoms with Crippen LogP contribution in [0.25, 0.3) is 11.3 Å². The number of nitrogens with zero attached hydrogens (tertiary/aromatic N) is 2. The number of hydrogen-bond donors (Lipinski definition) is 1. The van der Waals surface area contributed by atoms with E-state index in [2.05, 4.69) is 9.97 Å². The molecule has 0 amide bonds. The van der Waals surface area contributed by atoms with Crippen LogP contribution in [0, 0.1) is 0 Å². The van der Waals surface area contributed by atoms with Gasteiger partial charge in [0.15, 0.2) is 0 Å². The average molecular weight is 212 g/mol. The summed E-state index contributed by atoms with van der Waals surface area (Å²) in [5.41, 5.74) is 7.31. The molecule has 3 nitrogen and oxygen atoms in total. The maximum Gasteiger partial charge on any atom is 0.224 e. The third-order valence-electron chi connectivity index (χ3n) is 1.54.